The Balaban J connectivity index is 1.58. The van der Waals surface area contributed by atoms with Gasteiger partial charge in [-0.3, -0.25) is 9.69 Å². The fraction of sp³-hybridized carbons (Fsp3) is 0.350. The number of likely N-dealkylation sites (tertiary alicyclic amines) is 1. The Morgan fingerprint density at radius 3 is 2.64 bits per heavy atom. The third kappa shape index (κ3) is 4.59. The molecule has 1 heterocycles. The summed E-state index contributed by atoms with van der Waals surface area (Å²) in [5.74, 6) is 0.816. The number of benzene rings is 2. The van der Waals surface area contributed by atoms with Gasteiger partial charge < -0.3 is 15.8 Å². The van der Waals surface area contributed by atoms with Crippen LogP contribution in [0.3, 0.4) is 0 Å². The second kappa shape index (κ2) is 8.14. The van der Waals surface area contributed by atoms with Gasteiger partial charge in [0, 0.05) is 24.7 Å². The van der Waals surface area contributed by atoms with Crippen LogP contribution in [0, 0.1) is 0 Å². The van der Waals surface area contributed by atoms with Gasteiger partial charge >= 0.3 is 0 Å². The Morgan fingerprint density at radius 1 is 1.20 bits per heavy atom. The summed E-state index contributed by atoms with van der Waals surface area (Å²) in [6.07, 6.45) is 0.703. The van der Waals surface area contributed by atoms with E-state index in [1.807, 2.05) is 66.5 Å². The number of amides is 1. The molecule has 0 saturated carbocycles. The predicted octanol–water partition coefficient (Wildman–Crippen LogP) is 1.91. The van der Waals surface area contributed by atoms with Crippen molar-refractivity contribution in [2.45, 2.75) is 31.7 Å². The molecular formula is C20H25N3O2. The first kappa shape index (κ1) is 17.5. The Kier molecular flexibility index (Phi) is 5.68. The molecular weight excluding hydrogens is 314 g/mol. The van der Waals surface area contributed by atoms with E-state index in [1.165, 1.54) is 0 Å². The van der Waals surface area contributed by atoms with Crippen LogP contribution in [0.5, 0.6) is 5.75 Å². The first-order valence-electron chi connectivity index (χ1n) is 8.61. The number of para-hydroxylation sites is 1. The topological polar surface area (TPSA) is 67.6 Å². The number of ether oxygens (including phenoxy) is 1. The molecule has 0 spiro atoms. The van der Waals surface area contributed by atoms with E-state index in [4.69, 9.17) is 10.5 Å². The van der Waals surface area contributed by atoms with Gasteiger partial charge in [0.1, 0.15) is 12.4 Å². The van der Waals surface area contributed by atoms with E-state index >= 15 is 0 Å². The molecule has 1 fully saturated rings. The summed E-state index contributed by atoms with van der Waals surface area (Å²) in [6, 6.07) is 17.8. The van der Waals surface area contributed by atoms with Crippen molar-refractivity contribution in [3.63, 3.8) is 0 Å². The van der Waals surface area contributed by atoms with Crippen molar-refractivity contribution in [1.29, 1.82) is 0 Å². The fourth-order valence-corrected chi connectivity index (χ4v) is 3.17. The van der Waals surface area contributed by atoms with Crippen molar-refractivity contribution in [2.75, 3.05) is 13.6 Å². The molecule has 5 nitrogen and oxygen atoms in total. The largest absolute Gasteiger partial charge is 0.489 e. The molecule has 5 heteroatoms. The second-order valence-corrected chi connectivity index (χ2v) is 6.55. The number of nitrogens with zero attached hydrogens (tertiary/aromatic N) is 1. The van der Waals surface area contributed by atoms with Gasteiger partial charge in [0.2, 0.25) is 5.91 Å². The van der Waals surface area contributed by atoms with Crippen LogP contribution in [0.1, 0.15) is 17.5 Å². The molecule has 0 aliphatic carbocycles. The number of carbonyl (C=O) groups is 1. The van der Waals surface area contributed by atoms with Gasteiger partial charge in [-0.15, -0.1) is 0 Å². The molecule has 2 aromatic rings. The van der Waals surface area contributed by atoms with Gasteiger partial charge in [-0.1, -0.05) is 48.5 Å². The molecule has 132 valence electrons. The summed E-state index contributed by atoms with van der Waals surface area (Å²) in [5, 5.41) is 3.01. The van der Waals surface area contributed by atoms with Crippen LogP contribution in [-0.4, -0.2) is 36.5 Å². The fourth-order valence-electron chi connectivity index (χ4n) is 3.17. The highest BCUT2D eigenvalue weighted by Crippen LogP contribution is 2.20. The molecule has 3 rings (SSSR count). The van der Waals surface area contributed by atoms with Crippen LogP contribution < -0.4 is 15.8 Å². The minimum Gasteiger partial charge on any atom is -0.489 e. The molecule has 1 aliphatic heterocycles. The zero-order valence-electron chi connectivity index (χ0n) is 14.5. The molecule has 1 amide bonds. The normalized spacial score (nSPS) is 20.4. The average molecular weight is 339 g/mol. The average Bonchev–Trinajstić information content (AvgIpc) is 2.98. The van der Waals surface area contributed by atoms with Crippen molar-refractivity contribution in [3.8, 4) is 5.75 Å². The number of carbonyl (C=O) groups excluding carboxylic acids is 1. The lowest BCUT2D eigenvalue weighted by molar-refractivity contribution is -0.125. The number of likely N-dealkylation sites (N-methyl/N-ethyl adjacent to an activating group) is 1. The molecule has 0 unspecified atom stereocenters. The van der Waals surface area contributed by atoms with E-state index in [2.05, 4.69) is 5.32 Å². The first-order chi connectivity index (χ1) is 12.1. The molecule has 2 atom stereocenters. The van der Waals surface area contributed by atoms with Crippen molar-refractivity contribution in [3.05, 3.63) is 65.7 Å². The summed E-state index contributed by atoms with van der Waals surface area (Å²) >= 11 is 0. The lowest BCUT2D eigenvalue weighted by atomic mass is 10.1. The SMILES string of the molecule is CN1C[C@@H](N)C[C@H]1C(=O)NCc1ccccc1OCc1ccccc1. The van der Waals surface area contributed by atoms with E-state index in [-0.39, 0.29) is 18.0 Å². The van der Waals surface area contributed by atoms with Crippen LogP contribution in [0.2, 0.25) is 0 Å². The van der Waals surface area contributed by atoms with Crippen LogP contribution in [0.4, 0.5) is 0 Å². The second-order valence-electron chi connectivity index (χ2n) is 6.55. The molecule has 0 radical (unpaired) electrons. The molecule has 25 heavy (non-hydrogen) atoms. The summed E-state index contributed by atoms with van der Waals surface area (Å²) in [5.41, 5.74) is 8.02. The quantitative estimate of drug-likeness (QED) is 0.844. The molecule has 0 aromatic heterocycles. The Bertz CT molecular complexity index is 705. The maximum Gasteiger partial charge on any atom is 0.237 e. The lowest BCUT2D eigenvalue weighted by Crippen LogP contribution is -2.41. The van der Waals surface area contributed by atoms with Crippen LogP contribution in [-0.2, 0) is 17.9 Å². The van der Waals surface area contributed by atoms with Crippen molar-refractivity contribution >= 4 is 5.91 Å². The monoisotopic (exact) mass is 339 g/mol. The summed E-state index contributed by atoms with van der Waals surface area (Å²) < 4.78 is 5.94. The van der Waals surface area contributed by atoms with Gasteiger partial charge in [0.05, 0.1) is 6.04 Å². The Morgan fingerprint density at radius 2 is 1.92 bits per heavy atom. The van der Waals surface area contributed by atoms with Gasteiger partial charge in [-0.2, -0.15) is 0 Å². The predicted molar refractivity (Wildman–Crippen MR) is 98.1 cm³/mol. The molecule has 3 N–H and O–H groups in total. The standard InChI is InChI=1S/C20H25N3O2/c1-23-13-17(21)11-18(23)20(24)22-12-16-9-5-6-10-19(16)25-14-15-7-3-2-4-8-15/h2-10,17-18H,11-14,21H2,1H3,(H,22,24)/t17-,18-/m0/s1. The number of hydrogen-bond acceptors (Lipinski definition) is 4. The van der Waals surface area contributed by atoms with E-state index < -0.39 is 0 Å². The highest BCUT2D eigenvalue weighted by molar-refractivity contribution is 5.82. The zero-order chi connectivity index (χ0) is 17.6. The van der Waals surface area contributed by atoms with Gasteiger partial charge in [-0.25, -0.2) is 0 Å². The maximum atomic E-state index is 12.4. The summed E-state index contributed by atoms with van der Waals surface area (Å²) in [7, 11) is 1.94. The van der Waals surface area contributed by atoms with Crippen molar-refractivity contribution in [2.24, 2.45) is 5.73 Å². The van der Waals surface area contributed by atoms with Gasteiger partial charge in [0.25, 0.3) is 0 Å². The highest BCUT2D eigenvalue weighted by Gasteiger charge is 2.32. The van der Waals surface area contributed by atoms with Gasteiger partial charge in [0.15, 0.2) is 0 Å². The van der Waals surface area contributed by atoms with Crippen LogP contribution in [0.15, 0.2) is 54.6 Å². The van der Waals surface area contributed by atoms with E-state index in [1.54, 1.807) is 0 Å². The summed E-state index contributed by atoms with van der Waals surface area (Å²) in [6.45, 7) is 1.71. The van der Waals surface area contributed by atoms with Crippen LogP contribution >= 0.6 is 0 Å². The number of rotatable bonds is 6. The molecule has 1 saturated heterocycles. The molecule has 0 bridgehead atoms. The minimum atomic E-state index is -0.146. The third-order valence-corrected chi connectivity index (χ3v) is 4.55. The van der Waals surface area contributed by atoms with Crippen molar-refractivity contribution < 1.29 is 9.53 Å². The molecule has 1 aliphatic rings. The number of hydrogen-bond donors (Lipinski definition) is 2. The third-order valence-electron chi connectivity index (χ3n) is 4.55. The smallest absolute Gasteiger partial charge is 0.237 e. The summed E-state index contributed by atoms with van der Waals surface area (Å²) in [4.78, 5) is 14.4. The Hall–Kier alpha value is -2.37. The first-order valence-corrected chi connectivity index (χ1v) is 8.61. The Labute approximate surface area is 148 Å². The number of nitrogens with two attached hydrogens (primary N) is 1. The van der Waals surface area contributed by atoms with Crippen molar-refractivity contribution in [1.82, 2.24) is 10.2 Å². The van der Waals surface area contributed by atoms with Crippen LogP contribution in [0.25, 0.3) is 0 Å². The molecule has 2 aromatic carbocycles. The lowest BCUT2D eigenvalue weighted by Gasteiger charge is -2.19. The van der Waals surface area contributed by atoms with Gasteiger partial charge in [-0.05, 0) is 25.1 Å². The highest BCUT2D eigenvalue weighted by atomic mass is 16.5. The number of nitrogens with one attached hydrogen (secondary N) is 1. The van der Waals surface area contributed by atoms with E-state index in [0.717, 1.165) is 23.4 Å². The van der Waals surface area contributed by atoms with E-state index in [9.17, 15) is 4.79 Å². The zero-order valence-corrected chi connectivity index (χ0v) is 14.5. The van der Waals surface area contributed by atoms with E-state index in [0.29, 0.717) is 19.6 Å². The maximum absolute atomic E-state index is 12.4. The minimum absolute atomic E-state index is 0.0216.